The van der Waals surface area contributed by atoms with Crippen molar-refractivity contribution in [2.75, 3.05) is 52.2 Å². The Labute approximate surface area is 150 Å². The summed E-state index contributed by atoms with van der Waals surface area (Å²) in [5.74, 6) is -2.74. The van der Waals surface area contributed by atoms with Gasteiger partial charge in [0, 0.05) is 39.1 Å². The van der Waals surface area contributed by atoms with Crippen molar-refractivity contribution >= 4 is 34.9 Å². The molecule has 1 aliphatic heterocycles. The molecular weight excluding hydrogens is 346 g/mol. The van der Waals surface area contributed by atoms with Gasteiger partial charge in [-0.1, -0.05) is 0 Å². The molecule has 1 aliphatic rings. The molecule has 0 radical (unpaired) electrons. The fraction of sp³-hybridized carbons (Fsp3) is 0.562. The first-order valence-electron chi connectivity index (χ1n) is 8.00. The maximum absolute atomic E-state index is 12.2. The number of methoxy groups -OCH3 is 1. The number of amides is 1. The molecule has 0 aromatic carbocycles. The van der Waals surface area contributed by atoms with Crippen LogP contribution in [0.1, 0.15) is 16.1 Å². The Morgan fingerprint density at radius 2 is 2.00 bits per heavy atom. The van der Waals surface area contributed by atoms with Crippen molar-refractivity contribution in [2.24, 2.45) is 5.92 Å². The Morgan fingerprint density at radius 1 is 1.32 bits per heavy atom. The van der Waals surface area contributed by atoms with Gasteiger partial charge in [0.25, 0.3) is 0 Å². The zero-order chi connectivity index (χ0) is 18.4. The molecule has 1 unspecified atom stereocenters. The predicted molar refractivity (Wildman–Crippen MR) is 94.0 cm³/mol. The van der Waals surface area contributed by atoms with E-state index < -0.39 is 23.8 Å². The summed E-state index contributed by atoms with van der Waals surface area (Å²) >= 11 is 1.16. The number of thiophene rings is 1. The van der Waals surface area contributed by atoms with Crippen LogP contribution in [0, 0.1) is 5.92 Å². The second kappa shape index (κ2) is 8.93. The van der Waals surface area contributed by atoms with Crippen LogP contribution in [0.3, 0.4) is 0 Å². The Balaban J connectivity index is 1.93. The number of nitrogens with one attached hydrogen (secondary N) is 1. The SMILES string of the molecule is COC(=O)c1sccc1NC(=O)CC(CN1CCN(C)CC1)C(=O)O. The first-order valence-corrected chi connectivity index (χ1v) is 8.88. The first kappa shape index (κ1) is 19.4. The molecule has 138 valence electrons. The Bertz CT molecular complexity index is 625. The van der Waals surface area contributed by atoms with Gasteiger partial charge in [0.15, 0.2) is 0 Å². The van der Waals surface area contributed by atoms with Crippen LogP contribution in [0.5, 0.6) is 0 Å². The zero-order valence-electron chi connectivity index (χ0n) is 14.4. The van der Waals surface area contributed by atoms with Gasteiger partial charge in [-0.25, -0.2) is 4.79 Å². The predicted octanol–water partition coefficient (Wildman–Crippen LogP) is 0.811. The van der Waals surface area contributed by atoms with Crippen LogP contribution < -0.4 is 5.32 Å². The van der Waals surface area contributed by atoms with E-state index in [0.717, 1.165) is 37.5 Å². The van der Waals surface area contributed by atoms with E-state index >= 15 is 0 Å². The smallest absolute Gasteiger partial charge is 0.350 e. The molecule has 8 nitrogen and oxygen atoms in total. The normalized spacial score (nSPS) is 17.0. The summed E-state index contributed by atoms with van der Waals surface area (Å²) in [5, 5.41) is 13.7. The highest BCUT2D eigenvalue weighted by molar-refractivity contribution is 7.12. The van der Waals surface area contributed by atoms with E-state index in [4.69, 9.17) is 0 Å². The van der Waals surface area contributed by atoms with Crippen LogP contribution in [0.4, 0.5) is 5.69 Å². The number of hydrogen-bond donors (Lipinski definition) is 2. The summed E-state index contributed by atoms with van der Waals surface area (Å²) in [7, 11) is 3.30. The monoisotopic (exact) mass is 369 g/mol. The largest absolute Gasteiger partial charge is 0.481 e. The number of likely N-dealkylation sites (N-methyl/N-ethyl adjacent to an activating group) is 1. The standard InChI is InChI=1S/C16H23N3O5S/c1-18-4-6-19(7-5-18)10-11(15(21)22)9-13(20)17-12-3-8-25-14(12)16(23)24-2/h3,8,11H,4-7,9-10H2,1-2H3,(H,17,20)(H,21,22). The summed E-state index contributed by atoms with van der Waals surface area (Å²) in [4.78, 5) is 39.9. The molecule has 0 aliphatic carbocycles. The second-order valence-electron chi connectivity index (χ2n) is 6.05. The van der Waals surface area contributed by atoms with Gasteiger partial charge >= 0.3 is 11.9 Å². The van der Waals surface area contributed by atoms with E-state index in [2.05, 4.69) is 19.9 Å². The van der Waals surface area contributed by atoms with Crippen molar-refractivity contribution in [3.63, 3.8) is 0 Å². The lowest BCUT2D eigenvalue weighted by Gasteiger charge is -2.33. The molecule has 2 N–H and O–H groups in total. The molecule has 9 heteroatoms. The molecule has 1 amide bonds. The number of carboxylic acid groups (broad SMARTS) is 1. The summed E-state index contributed by atoms with van der Waals surface area (Å²) in [6, 6.07) is 1.60. The Morgan fingerprint density at radius 3 is 2.60 bits per heavy atom. The lowest BCUT2D eigenvalue weighted by atomic mass is 10.0. The summed E-state index contributed by atoms with van der Waals surface area (Å²) in [6.45, 7) is 3.69. The fourth-order valence-electron chi connectivity index (χ4n) is 2.66. The van der Waals surface area contributed by atoms with Crippen LogP contribution >= 0.6 is 11.3 Å². The first-order chi connectivity index (χ1) is 11.9. The highest BCUT2D eigenvalue weighted by Crippen LogP contribution is 2.23. The molecule has 2 heterocycles. The number of nitrogens with zero attached hydrogens (tertiary/aromatic N) is 2. The van der Waals surface area contributed by atoms with Crippen molar-refractivity contribution in [1.82, 2.24) is 9.80 Å². The van der Waals surface area contributed by atoms with Crippen LogP contribution in [0.2, 0.25) is 0 Å². The number of hydrogen-bond acceptors (Lipinski definition) is 7. The molecule has 25 heavy (non-hydrogen) atoms. The number of carboxylic acids is 1. The zero-order valence-corrected chi connectivity index (χ0v) is 15.2. The number of esters is 1. The Kier molecular flexibility index (Phi) is 6.91. The number of ether oxygens (including phenoxy) is 1. The maximum atomic E-state index is 12.2. The number of carbonyl (C=O) groups is 3. The molecular formula is C16H23N3O5S. The molecule has 2 rings (SSSR count). The van der Waals surface area contributed by atoms with Crippen LogP contribution in [0.15, 0.2) is 11.4 Å². The average Bonchev–Trinajstić information content (AvgIpc) is 3.03. The number of rotatable bonds is 7. The number of piperazine rings is 1. The van der Waals surface area contributed by atoms with E-state index in [1.807, 2.05) is 7.05 Å². The number of carbonyl (C=O) groups excluding carboxylic acids is 2. The quantitative estimate of drug-likeness (QED) is 0.686. The van der Waals surface area contributed by atoms with E-state index in [1.165, 1.54) is 7.11 Å². The van der Waals surface area contributed by atoms with Gasteiger partial charge in [-0.15, -0.1) is 11.3 Å². The molecule has 0 saturated carbocycles. The van der Waals surface area contributed by atoms with Gasteiger partial charge in [-0.2, -0.15) is 0 Å². The summed E-state index contributed by atoms with van der Waals surface area (Å²) in [5.41, 5.74) is 0.352. The molecule has 1 atom stereocenters. The lowest BCUT2D eigenvalue weighted by Crippen LogP contribution is -2.47. The van der Waals surface area contributed by atoms with Gasteiger partial charge in [-0.3, -0.25) is 14.5 Å². The average molecular weight is 369 g/mol. The minimum absolute atomic E-state index is 0.141. The third kappa shape index (κ3) is 5.52. The molecule has 0 spiro atoms. The third-order valence-electron chi connectivity index (χ3n) is 4.17. The van der Waals surface area contributed by atoms with Crippen LogP contribution in [-0.4, -0.2) is 79.6 Å². The van der Waals surface area contributed by atoms with Gasteiger partial charge in [-0.05, 0) is 18.5 Å². The molecule has 1 fully saturated rings. The summed E-state index contributed by atoms with van der Waals surface area (Å²) < 4.78 is 4.66. The van der Waals surface area contributed by atoms with Gasteiger partial charge in [0.2, 0.25) is 5.91 Å². The van der Waals surface area contributed by atoms with Gasteiger partial charge < -0.3 is 20.1 Å². The van der Waals surface area contributed by atoms with E-state index in [9.17, 15) is 19.5 Å². The van der Waals surface area contributed by atoms with E-state index in [0.29, 0.717) is 17.1 Å². The highest BCUT2D eigenvalue weighted by atomic mass is 32.1. The topological polar surface area (TPSA) is 99.2 Å². The van der Waals surface area contributed by atoms with Gasteiger partial charge in [0.1, 0.15) is 4.88 Å². The second-order valence-corrected chi connectivity index (χ2v) is 6.96. The number of anilines is 1. The number of aliphatic carboxylic acids is 1. The Hall–Kier alpha value is -1.97. The maximum Gasteiger partial charge on any atom is 0.350 e. The van der Waals surface area contributed by atoms with Crippen LogP contribution in [0.25, 0.3) is 0 Å². The molecule has 1 aromatic rings. The van der Waals surface area contributed by atoms with Crippen molar-refractivity contribution < 1.29 is 24.2 Å². The van der Waals surface area contributed by atoms with Crippen molar-refractivity contribution in [2.45, 2.75) is 6.42 Å². The van der Waals surface area contributed by atoms with Crippen LogP contribution in [-0.2, 0) is 14.3 Å². The molecule has 1 aromatic heterocycles. The molecule has 0 bridgehead atoms. The third-order valence-corrected chi connectivity index (χ3v) is 5.06. The van der Waals surface area contributed by atoms with E-state index in [-0.39, 0.29) is 6.42 Å². The van der Waals surface area contributed by atoms with Crippen molar-refractivity contribution in [3.05, 3.63) is 16.3 Å². The van der Waals surface area contributed by atoms with E-state index in [1.54, 1.807) is 11.4 Å². The minimum Gasteiger partial charge on any atom is -0.481 e. The van der Waals surface area contributed by atoms with Crippen molar-refractivity contribution in [1.29, 1.82) is 0 Å². The fourth-order valence-corrected chi connectivity index (χ4v) is 3.42. The highest BCUT2D eigenvalue weighted by Gasteiger charge is 2.26. The lowest BCUT2D eigenvalue weighted by molar-refractivity contribution is -0.144. The van der Waals surface area contributed by atoms with Crippen molar-refractivity contribution in [3.8, 4) is 0 Å². The minimum atomic E-state index is -0.993. The summed E-state index contributed by atoms with van der Waals surface area (Å²) in [6.07, 6.45) is -0.141. The molecule has 1 saturated heterocycles. The van der Waals surface area contributed by atoms with Gasteiger partial charge in [0.05, 0.1) is 18.7 Å².